The molecule has 4 heteroatoms. The molecule has 0 radical (unpaired) electrons. The van der Waals surface area contributed by atoms with Crippen molar-refractivity contribution >= 4 is 16.7 Å². The Balaban J connectivity index is 1.92. The third-order valence-corrected chi connectivity index (χ3v) is 5.12. The van der Waals surface area contributed by atoms with Gasteiger partial charge in [0.15, 0.2) is 0 Å². The molecule has 0 aliphatic rings. The van der Waals surface area contributed by atoms with Crippen molar-refractivity contribution in [3.63, 3.8) is 0 Å². The maximum Gasteiger partial charge on any atom is 0.356 e. The number of esters is 1. The van der Waals surface area contributed by atoms with Gasteiger partial charge in [0, 0.05) is 18.0 Å². The first-order chi connectivity index (χ1) is 14.1. The molecule has 29 heavy (non-hydrogen) atoms. The molecular formula is C25H21NO3. The zero-order chi connectivity index (χ0) is 20.4. The molecule has 3 aromatic carbocycles. The standard InChI is InChI=1S/C25H21NO3/c1-17-10-6-7-13-19(17)22-20-14-8-9-15-21(20)24(27)26(2)23(22)25(28)29-16-18-11-4-3-5-12-18/h3-15H,16H2,1-2H3. The van der Waals surface area contributed by atoms with Crippen LogP contribution in [0.15, 0.2) is 83.7 Å². The predicted octanol–water partition coefficient (Wildman–Crippen LogP) is 4.87. The average Bonchev–Trinajstić information content (AvgIpc) is 2.76. The quantitative estimate of drug-likeness (QED) is 0.472. The Bertz CT molecular complexity index is 1260. The fourth-order valence-corrected chi connectivity index (χ4v) is 3.62. The van der Waals surface area contributed by atoms with Gasteiger partial charge in [0.25, 0.3) is 5.56 Å². The van der Waals surface area contributed by atoms with Crippen LogP contribution in [0.25, 0.3) is 21.9 Å². The molecule has 0 atom stereocenters. The molecule has 0 saturated heterocycles. The molecule has 0 N–H and O–H groups in total. The monoisotopic (exact) mass is 383 g/mol. The highest BCUT2D eigenvalue weighted by Crippen LogP contribution is 2.33. The summed E-state index contributed by atoms with van der Waals surface area (Å²) in [6.07, 6.45) is 0. The van der Waals surface area contributed by atoms with E-state index in [0.29, 0.717) is 5.39 Å². The molecule has 0 fully saturated rings. The summed E-state index contributed by atoms with van der Waals surface area (Å²) in [5.74, 6) is -0.516. The molecule has 0 aliphatic heterocycles. The number of hydrogen-bond acceptors (Lipinski definition) is 3. The topological polar surface area (TPSA) is 48.3 Å². The molecular weight excluding hydrogens is 362 g/mol. The molecule has 0 bridgehead atoms. The van der Waals surface area contributed by atoms with Crippen molar-refractivity contribution in [2.75, 3.05) is 0 Å². The van der Waals surface area contributed by atoms with E-state index in [1.165, 1.54) is 4.57 Å². The lowest BCUT2D eigenvalue weighted by Crippen LogP contribution is -2.26. The zero-order valence-electron chi connectivity index (χ0n) is 16.4. The molecule has 1 aromatic heterocycles. The molecule has 0 amide bonds. The van der Waals surface area contributed by atoms with Gasteiger partial charge >= 0.3 is 5.97 Å². The van der Waals surface area contributed by atoms with E-state index in [4.69, 9.17) is 4.74 Å². The molecule has 0 unspecified atom stereocenters. The lowest BCUT2D eigenvalue weighted by atomic mass is 9.94. The van der Waals surface area contributed by atoms with Crippen molar-refractivity contribution in [2.24, 2.45) is 7.05 Å². The number of ether oxygens (including phenoxy) is 1. The Hall–Kier alpha value is -3.66. The van der Waals surface area contributed by atoms with Crippen LogP contribution in [-0.2, 0) is 18.4 Å². The van der Waals surface area contributed by atoms with Crippen molar-refractivity contribution in [2.45, 2.75) is 13.5 Å². The normalized spacial score (nSPS) is 10.8. The third-order valence-electron chi connectivity index (χ3n) is 5.12. The molecule has 4 nitrogen and oxygen atoms in total. The second-order valence-corrected chi connectivity index (χ2v) is 7.01. The summed E-state index contributed by atoms with van der Waals surface area (Å²) >= 11 is 0. The van der Waals surface area contributed by atoms with E-state index in [9.17, 15) is 9.59 Å². The number of fused-ring (bicyclic) bond motifs is 1. The number of carbonyl (C=O) groups is 1. The smallest absolute Gasteiger partial charge is 0.356 e. The molecule has 144 valence electrons. The number of pyridine rings is 1. The van der Waals surface area contributed by atoms with Gasteiger partial charge in [-0.25, -0.2) is 4.79 Å². The number of aromatic nitrogens is 1. The highest BCUT2D eigenvalue weighted by Gasteiger charge is 2.23. The predicted molar refractivity (Wildman–Crippen MR) is 115 cm³/mol. The van der Waals surface area contributed by atoms with E-state index in [-0.39, 0.29) is 17.9 Å². The van der Waals surface area contributed by atoms with Crippen LogP contribution < -0.4 is 5.56 Å². The van der Waals surface area contributed by atoms with Gasteiger partial charge < -0.3 is 9.30 Å². The van der Waals surface area contributed by atoms with Crippen molar-refractivity contribution in [3.8, 4) is 11.1 Å². The maximum atomic E-state index is 13.2. The van der Waals surface area contributed by atoms with Gasteiger partial charge in [-0.2, -0.15) is 0 Å². The second-order valence-electron chi connectivity index (χ2n) is 7.01. The SMILES string of the molecule is Cc1ccccc1-c1c(C(=O)OCc2ccccc2)n(C)c(=O)c2ccccc12. The van der Waals surface area contributed by atoms with Gasteiger partial charge in [0.1, 0.15) is 12.3 Å². The zero-order valence-corrected chi connectivity index (χ0v) is 16.4. The number of rotatable bonds is 4. The van der Waals surface area contributed by atoms with Gasteiger partial charge in [-0.1, -0.05) is 72.8 Å². The lowest BCUT2D eigenvalue weighted by molar-refractivity contribution is 0.0461. The number of nitrogens with zero attached hydrogens (tertiary/aromatic N) is 1. The molecule has 0 saturated carbocycles. The van der Waals surface area contributed by atoms with Gasteiger partial charge in [0.2, 0.25) is 0 Å². The minimum absolute atomic E-state index is 0.147. The highest BCUT2D eigenvalue weighted by molar-refractivity contribution is 6.07. The second kappa shape index (κ2) is 7.76. The van der Waals surface area contributed by atoms with E-state index < -0.39 is 5.97 Å². The van der Waals surface area contributed by atoms with Gasteiger partial charge in [0.05, 0.1) is 0 Å². The third kappa shape index (κ3) is 3.45. The summed E-state index contributed by atoms with van der Waals surface area (Å²) < 4.78 is 7.00. The summed E-state index contributed by atoms with van der Waals surface area (Å²) in [5.41, 5.74) is 3.59. The lowest BCUT2D eigenvalue weighted by Gasteiger charge is -2.18. The van der Waals surface area contributed by atoms with E-state index in [1.807, 2.05) is 79.7 Å². The van der Waals surface area contributed by atoms with Crippen LogP contribution in [0.3, 0.4) is 0 Å². The van der Waals surface area contributed by atoms with Crippen molar-refractivity contribution in [3.05, 3.63) is 106 Å². The first kappa shape index (κ1) is 18.7. The summed E-state index contributed by atoms with van der Waals surface area (Å²) in [6.45, 7) is 2.14. The first-order valence-electron chi connectivity index (χ1n) is 9.46. The van der Waals surface area contributed by atoms with E-state index >= 15 is 0 Å². The maximum absolute atomic E-state index is 13.2. The van der Waals surface area contributed by atoms with Crippen LogP contribution in [0.4, 0.5) is 0 Å². The fourth-order valence-electron chi connectivity index (χ4n) is 3.62. The fraction of sp³-hybridized carbons (Fsp3) is 0.120. The molecule has 0 spiro atoms. The number of carbonyl (C=O) groups excluding carboxylic acids is 1. The van der Waals surface area contributed by atoms with Crippen molar-refractivity contribution in [1.29, 1.82) is 0 Å². The summed E-state index contributed by atoms with van der Waals surface area (Å²) in [7, 11) is 1.62. The van der Waals surface area contributed by atoms with Crippen LogP contribution in [0.2, 0.25) is 0 Å². The van der Waals surface area contributed by atoms with Gasteiger partial charge in [-0.05, 0) is 35.1 Å². The van der Waals surface area contributed by atoms with Crippen LogP contribution in [-0.4, -0.2) is 10.5 Å². The summed E-state index contributed by atoms with van der Waals surface area (Å²) in [5, 5.41) is 1.32. The van der Waals surface area contributed by atoms with Gasteiger partial charge in [-0.15, -0.1) is 0 Å². The van der Waals surface area contributed by atoms with E-state index in [0.717, 1.165) is 27.6 Å². The van der Waals surface area contributed by atoms with Crippen molar-refractivity contribution in [1.82, 2.24) is 4.57 Å². The largest absolute Gasteiger partial charge is 0.456 e. The molecule has 1 heterocycles. The Kier molecular flexibility index (Phi) is 5.00. The highest BCUT2D eigenvalue weighted by atomic mass is 16.5. The minimum atomic E-state index is -0.516. The first-order valence-corrected chi connectivity index (χ1v) is 9.46. The van der Waals surface area contributed by atoms with E-state index in [1.54, 1.807) is 13.1 Å². The number of aryl methyl sites for hydroxylation is 1. The Morgan fingerprint density at radius 1 is 0.862 bits per heavy atom. The molecule has 0 aliphatic carbocycles. The van der Waals surface area contributed by atoms with Crippen LogP contribution in [0.5, 0.6) is 0 Å². The van der Waals surface area contributed by atoms with Crippen LogP contribution >= 0.6 is 0 Å². The summed E-state index contributed by atoms with van der Waals surface area (Å²) in [4.78, 5) is 26.1. The average molecular weight is 383 g/mol. The number of benzene rings is 3. The summed E-state index contributed by atoms with van der Waals surface area (Å²) in [6, 6.07) is 24.7. The van der Waals surface area contributed by atoms with Gasteiger partial charge in [-0.3, -0.25) is 4.79 Å². The van der Waals surface area contributed by atoms with E-state index in [2.05, 4.69) is 0 Å². The van der Waals surface area contributed by atoms with Crippen molar-refractivity contribution < 1.29 is 9.53 Å². The Morgan fingerprint density at radius 2 is 1.48 bits per heavy atom. The minimum Gasteiger partial charge on any atom is -0.456 e. The van der Waals surface area contributed by atoms with Crippen LogP contribution in [0, 0.1) is 6.92 Å². The number of hydrogen-bond donors (Lipinski definition) is 0. The molecule has 4 aromatic rings. The Labute approximate surface area is 169 Å². The Morgan fingerprint density at radius 3 is 2.21 bits per heavy atom. The molecule has 4 rings (SSSR count). The van der Waals surface area contributed by atoms with Crippen LogP contribution in [0.1, 0.15) is 21.6 Å².